The zero-order valence-electron chi connectivity index (χ0n) is 20.0. The standard InChI is InChI=1S/C20H23BClN5O8S2/c1-20(2,3)34-19(31)25-18-23-11(8-36-18)13(26-33-5-4-12(28)35-21)15(29)24-14-16(30)27-7-10(6-22)9-37(32)17(14)27/h7-8,14,17H,4-6,9H2,1-3H3,(H,24,29)(H,23,25,31)/b26-13-/t14-,17-,37?/m1/s1. The molecule has 1 aromatic heterocycles. The second kappa shape index (κ2) is 12.0. The Kier molecular flexibility index (Phi) is 9.31. The van der Waals surface area contributed by atoms with Gasteiger partial charge in [-0.1, -0.05) is 5.16 Å². The number of carbonyl (C=O) groups excluding carboxylic acids is 4. The summed E-state index contributed by atoms with van der Waals surface area (Å²) in [6.07, 6.45) is 0.537. The van der Waals surface area contributed by atoms with Crippen molar-refractivity contribution in [1.29, 1.82) is 0 Å². The number of β-lactam (4-membered cyclic amide) rings is 1. The maximum atomic E-state index is 13.1. The Labute approximate surface area is 224 Å². The molecule has 3 heterocycles. The first-order valence-corrected chi connectivity index (χ1v) is 13.5. The molecular weight excluding hydrogens is 549 g/mol. The monoisotopic (exact) mass is 571 g/mol. The van der Waals surface area contributed by atoms with Gasteiger partial charge in [0, 0.05) is 23.2 Å². The van der Waals surface area contributed by atoms with E-state index in [0.29, 0.717) is 5.57 Å². The lowest BCUT2D eigenvalue weighted by atomic mass is 10.1. The summed E-state index contributed by atoms with van der Waals surface area (Å²) in [6, 6.07) is -1.07. The number of halogens is 1. The quantitative estimate of drug-likeness (QED) is 0.109. The van der Waals surface area contributed by atoms with E-state index in [-0.39, 0.29) is 41.2 Å². The summed E-state index contributed by atoms with van der Waals surface area (Å²) in [7, 11) is 3.30. The van der Waals surface area contributed by atoms with Gasteiger partial charge in [-0.15, -0.1) is 22.9 Å². The van der Waals surface area contributed by atoms with Crippen LogP contribution in [-0.4, -0.2) is 87.0 Å². The number of alkyl halides is 1. The van der Waals surface area contributed by atoms with E-state index in [2.05, 4.69) is 25.4 Å². The number of amides is 3. The minimum absolute atomic E-state index is 0.00711. The molecule has 1 unspecified atom stereocenters. The maximum Gasteiger partial charge on any atom is 0.413 e. The van der Waals surface area contributed by atoms with Crippen molar-refractivity contribution >= 4 is 76.5 Å². The highest BCUT2D eigenvalue weighted by atomic mass is 35.5. The Morgan fingerprint density at radius 1 is 1.38 bits per heavy atom. The fourth-order valence-corrected chi connectivity index (χ4v) is 5.73. The van der Waals surface area contributed by atoms with Crippen molar-refractivity contribution < 1.29 is 37.6 Å². The van der Waals surface area contributed by atoms with E-state index in [4.69, 9.17) is 29.2 Å². The van der Waals surface area contributed by atoms with E-state index in [1.165, 1.54) is 16.5 Å². The average Bonchev–Trinajstić information content (AvgIpc) is 3.27. The first kappa shape index (κ1) is 28.6. The Morgan fingerprint density at radius 3 is 2.76 bits per heavy atom. The summed E-state index contributed by atoms with van der Waals surface area (Å²) >= 11 is 6.78. The van der Waals surface area contributed by atoms with Crippen molar-refractivity contribution in [2.45, 2.75) is 44.2 Å². The van der Waals surface area contributed by atoms with Gasteiger partial charge in [0.1, 0.15) is 29.3 Å². The average molecular weight is 572 g/mol. The molecule has 2 N–H and O–H groups in total. The van der Waals surface area contributed by atoms with Gasteiger partial charge in [-0.3, -0.25) is 28.8 Å². The Hall–Kier alpha value is -2.98. The van der Waals surface area contributed by atoms with Gasteiger partial charge in [-0.2, -0.15) is 0 Å². The molecule has 1 fully saturated rings. The second-order valence-corrected chi connectivity index (χ2v) is 11.4. The fourth-order valence-electron chi connectivity index (χ4n) is 3.15. The first-order valence-electron chi connectivity index (χ1n) is 10.7. The van der Waals surface area contributed by atoms with Crippen LogP contribution in [0.5, 0.6) is 0 Å². The van der Waals surface area contributed by atoms with E-state index >= 15 is 0 Å². The van der Waals surface area contributed by atoms with Crippen molar-refractivity contribution in [2.24, 2.45) is 5.16 Å². The van der Waals surface area contributed by atoms with E-state index in [1.54, 1.807) is 20.8 Å². The number of ether oxygens (including phenoxy) is 1. The minimum Gasteiger partial charge on any atom is -0.543 e. The lowest BCUT2D eigenvalue weighted by molar-refractivity contribution is -0.144. The number of anilines is 1. The number of fused-ring (bicyclic) bond motifs is 1. The largest absolute Gasteiger partial charge is 0.543 e. The molecule has 3 atom stereocenters. The molecule has 37 heavy (non-hydrogen) atoms. The van der Waals surface area contributed by atoms with Gasteiger partial charge in [0.05, 0.1) is 17.2 Å². The van der Waals surface area contributed by atoms with Crippen LogP contribution in [-0.2, 0) is 39.4 Å². The molecule has 1 saturated heterocycles. The number of hydrogen-bond acceptors (Lipinski definition) is 11. The molecule has 0 aliphatic carbocycles. The predicted octanol–water partition coefficient (Wildman–Crippen LogP) is 0.766. The van der Waals surface area contributed by atoms with Crippen LogP contribution in [0.1, 0.15) is 32.9 Å². The highest BCUT2D eigenvalue weighted by Gasteiger charge is 2.53. The fraction of sp³-hybridized carbons (Fsp3) is 0.500. The molecule has 1 aromatic rings. The maximum absolute atomic E-state index is 13.1. The normalized spacial score (nSPS) is 21.2. The van der Waals surface area contributed by atoms with Crippen molar-refractivity contribution in [2.75, 3.05) is 23.6 Å². The van der Waals surface area contributed by atoms with Crippen LogP contribution in [0.25, 0.3) is 0 Å². The molecule has 2 radical (unpaired) electrons. The SMILES string of the molecule is [B]OC(=O)CCO/N=C(\C(=O)N[C@@H]1C(=O)N2C=C(CCl)CS(=O)[C@H]12)c1csc(NC(=O)OC(C)(C)C)n1. The number of carbonyl (C=O) groups is 4. The summed E-state index contributed by atoms with van der Waals surface area (Å²) < 4.78 is 21.8. The van der Waals surface area contributed by atoms with E-state index in [9.17, 15) is 23.4 Å². The van der Waals surface area contributed by atoms with Crippen LogP contribution in [0.3, 0.4) is 0 Å². The van der Waals surface area contributed by atoms with Crippen LogP contribution in [0.15, 0.2) is 22.3 Å². The Bertz CT molecular complexity index is 1170. The van der Waals surface area contributed by atoms with Gasteiger partial charge < -0.3 is 19.5 Å². The van der Waals surface area contributed by atoms with Gasteiger partial charge >= 0.3 is 14.1 Å². The van der Waals surface area contributed by atoms with Crippen molar-refractivity contribution in [1.82, 2.24) is 15.2 Å². The highest BCUT2D eigenvalue weighted by Crippen LogP contribution is 2.30. The summed E-state index contributed by atoms with van der Waals surface area (Å²) in [5, 5.41) is 9.50. The number of hydrogen-bond donors (Lipinski definition) is 2. The molecule has 198 valence electrons. The van der Waals surface area contributed by atoms with Crippen molar-refractivity contribution in [3.63, 3.8) is 0 Å². The van der Waals surface area contributed by atoms with E-state index in [1.807, 2.05) is 0 Å². The van der Waals surface area contributed by atoms with Crippen LogP contribution in [0.4, 0.5) is 9.93 Å². The number of thiazole rings is 1. The Balaban J connectivity index is 1.76. The third-order valence-corrected chi connectivity index (χ3v) is 7.51. The van der Waals surface area contributed by atoms with Crippen molar-refractivity contribution in [3.8, 4) is 0 Å². The summed E-state index contributed by atoms with van der Waals surface area (Å²) in [4.78, 5) is 59.4. The van der Waals surface area contributed by atoms with E-state index in [0.717, 1.165) is 11.3 Å². The molecular formula is C20H23BClN5O8S2. The summed E-state index contributed by atoms with van der Waals surface area (Å²) in [5.74, 6) is -1.77. The summed E-state index contributed by atoms with van der Waals surface area (Å²) in [6.45, 7) is 4.82. The smallest absolute Gasteiger partial charge is 0.413 e. The molecule has 3 rings (SSSR count). The number of rotatable bonds is 9. The third kappa shape index (κ3) is 7.29. The molecule has 2 aliphatic rings. The lowest BCUT2D eigenvalue weighted by Gasteiger charge is -2.46. The predicted molar refractivity (Wildman–Crippen MR) is 135 cm³/mol. The van der Waals surface area contributed by atoms with Crippen LogP contribution in [0, 0.1) is 0 Å². The van der Waals surface area contributed by atoms with Crippen LogP contribution < -0.4 is 10.6 Å². The highest BCUT2D eigenvalue weighted by molar-refractivity contribution is 7.86. The zero-order chi connectivity index (χ0) is 27.3. The minimum atomic E-state index is -1.48. The number of oxime groups is 1. The van der Waals surface area contributed by atoms with Crippen LogP contribution in [0.2, 0.25) is 0 Å². The van der Waals surface area contributed by atoms with Gasteiger partial charge in [-0.25, -0.2) is 9.78 Å². The molecule has 0 bridgehead atoms. The van der Waals surface area contributed by atoms with Crippen molar-refractivity contribution in [3.05, 3.63) is 22.8 Å². The summed E-state index contributed by atoms with van der Waals surface area (Å²) in [5.41, 5.74) is -0.433. The third-order valence-electron chi connectivity index (χ3n) is 4.71. The second-order valence-electron chi connectivity index (χ2n) is 8.71. The first-order chi connectivity index (χ1) is 17.4. The van der Waals surface area contributed by atoms with Gasteiger partial charge in [0.25, 0.3) is 17.8 Å². The number of nitrogens with one attached hydrogen (secondary N) is 2. The molecule has 0 spiro atoms. The number of aromatic nitrogens is 1. The Morgan fingerprint density at radius 2 is 2.11 bits per heavy atom. The molecule has 13 nitrogen and oxygen atoms in total. The van der Waals surface area contributed by atoms with Gasteiger partial charge in [-0.05, 0) is 26.3 Å². The number of nitrogens with zero attached hydrogens (tertiary/aromatic N) is 3. The topological polar surface area (TPSA) is 166 Å². The molecule has 0 aromatic carbocycles. The lowest BCUT2D eigenvalue weighted by Crippen LogP contribution is -2.72. The van der Waals surface area contributed by atoms with Crippen LogP contribution >= 0.6 is 22.9 Å². The molecule has 0 saturated carbocycles. The van der Waals surface area contributed by atoms with Gasteiger partial charge in [0.2, 0.25) is 0 Å². The molecule has 2 aliphatic heterocycles. The zero-order valence-corrected chi connectivity index (χ0v) is 22.4. The van der Waals surface area contributed by atoms with Gasteiger partial charge in [0.15, 0.2) is 10.8 Å². The van der Waals surface area contributed by atoms with E-state index < -0.39 is 51.7 Å². The molecule has 3 amide bonds. The molecule has 17 heteroatoms.